The molecule has 0 aliphatic heterocycles. The van der Waals surface area contributed by atoms with Crippen LogP contribution < -0.4 is 5.32 Å². The van der Waals surface area contributed by atoms with Crippen molar-refractivity contribution in [3.63, 3.8) is 0 Å². The van der Waals surface area contributed by atoms with Gasteiger partial charge in [-0.3, -0.25) is 4.79 Å². The predicted octanol–water partition coefficient (Wildman–Crippen LogP) is 2.92. The molecule has 0 bridgehead atoms. The van der Waals surface area contributed by atoms with Crippen molar-refractivity contribution in [2.24, 2.45) is 0 Å². The monoisotopic (exact) mass is 274 g/mol. The van der Waals surface area contributed by atoms with Gasteiger partial charge in [-0.2, -0.15) is 0 Å². The van der Waals surface area contributed by atoms with Crippen LogP contribution in [0.2, 0.25) is 0 Å². The van der Waals surface area contributed by atoms with Gasteiger partial charge in [-0.1, -0.05) is 6.92 Å². The lowest BCUT2D eigenvalue weighted by molar-refractivity contribution is -0.117. The second-order valence-corrected chi connectivity index (χ2v) is 4.04. The number of carbonyl (C=O) groups is 1. The highest BCUT2D eigenvalue weighted by Crippen LogP contribution is 2.11. The van der Waals surface area contributed by atoms with E-state index in [0.29, 0.717) is 12.2 Å². The standard InChI is InChI=1S/C10H12BrFN2O/c1-2-8(12)5-10(15)14-9-4-3-7(11)6-13-9/h3-4,6,8H,2,5H2,1H3,(H,13,14,15). The number of carbonyl (C=O) groups excluding carboxylic acids is 1. The van der Waals surface area contributed by atoms with Crippen molar-refractivity contribution in [1.82, 2.24) is 4.98 Å². The van der Waals surface area contributed by atoms with Gasteiger partial charge in [0.2, 0.25) is 5.91 Å². The largest absolute Gasteiger partial charge is 0.311 e. The van der Waals surface area contributed by atoms with Crippen LogP contribution in [0.5, 0.6) is 0 Å². The maximum atomic E-state index is 12.9. The number of pyridine rings is 1. The molecular formula is C10H12BrFN2O. The number of hydrogen-bond acceptors (Lipinski definition) is 2. The first kappa shape index (κ1) is 12.1. The van der Waals surface area contributed by atoms with Gasteiger partial charge < -0.3 is 5.32 Å². The van der Waals surface area contributed by atoms with E-state index in [2.05, 4.69) is 26.2 Å². The van der Waals surface area contributed by atoms with Crippen LogP contribution >= 0.6 is 15.9 Å². The number of nitrogens with one attached hydrogen (secondary N) is 1. The summed E-state index contributed by atoms with van der Waals surface area (Å²) in [6.07, 6.45) is 0.720. The lowest BCUT2D eigenvalue weighted by Crippen LogP contribution is -2.17. The van der Waals surface area contributed by atoms with E-state index in [-0.39, 0.29) is 12.3 Å². The van der Waals surface area contributed by atoms with E-state index in [1.807, 2.05) is 0 Å². The average molecular weight is 275 g/mol. The SMILES string of the molecule is CCC(F)CC(=O)Nc1ccc(Br)cn1. The third kappa shape index (κ3) is 4.38. The van der Waals surface area contributed by atoms with E-state index in [1.54, 1.807) is 25.3 Å². The molecule has 0 spiro atoms. The predicted molar refractivity (Wildman–Crippen MR) is 60.4 cm³/mol. The molecule has 0 fully saturated rings. The molecule has 1 unspecified atom stereocenters. The molecule has 0 radical (unpaired) electrons. The first-order valence-corrected chi connectivity index (χ1v) is 5.46. The van der Waals surface area contributed by atoms with Crippen LogP contribution in [0.3, 0.4) is 0 Å². The second-order valence-electron chi connectivity index (χ2n) is 3.12. The summed E-state index contributed by atoms with van der Waals surface area (Å²) in [4.78, 5) is 15.2. The fraction of sp³-hybridized carbons (Fsp3) is 0.400. The van der Waals surface area contributed by atoms with Gasteiger partial charge in [0, 0.05) is 10.7 Å². The number of halogens is 2. The van der Waals surface area contributed by atoms with Gasteiger partial charge in [0.05, 0.1) is 6.42 Å². The van der Waals surface area contributed by atoms with E-state index in [9.17, 15) is 9.18 Å². The van der Waals surface area contributed by atoms with Crippen LogP contribution in [0.15, 0.2) is 22.8 Å². The minimum atomic E-state index is -1.08. The molecule has 0 aliphatic rings. The third-order valence-corrected chi connectivity index (χ3v) is 2.31. The number of rotatable bonds is 4. The molecule has 15 heavy (non-hydrogen) atoms. The van der Waals surface area contributed by atoms with Gasteiger partial charge in [0.15, 0.2) is 0 Å². The zero-order valence-corrected chi connectivity index (χ0v) is 9.92. The summed E-state index contributed by atoms with van der Waals surface area (Å²) >= 11 is 3.23. The van der Waals surface area contributed by atoms with Crippen molar-refractivity contribution in [1.29, 1.82) is 0 Å². The van der Waals surface area contributed by atoms with Crippen LogP contribution in [0.1, 0.15) is 19.8 Å². The number of amides is 1. The molecule has 1 atom stereocenters. The van der Waals surface area contributed by atoms with Crippen molar-refractivity contribution in [3.05, 3.63) is 22.8 Å². The highest BCUT2D eigenvalue weighted by atomic mass is 79.9. The molecule has 0 saturated heterocycles. The Bertz CT molecular complexity index is 329. The highest BCUT2D eigenvalue weighted by molar-refractivity contribution is 9.10. The van der Waals surface area contributed by atoms with Gasteiger partial charge in [-0.05, 0) is 34.5 Å². The molecule has 1 rings (SSSR count). The van der Waals surface area contributed by atoms with Gasteiger partial charge in [0.25, 0.3) is 0 Å². The summed E-state index contributed by atoms with van der Waals surface area (Å²) in [6, 6.07) is 3.41. The van der Waals surface area contributed by atoms with Crippen molar-refractivity contribution in [2.75, 3.05) is 5.32 Å². The van der Waals surface area contributed by atoms with Crippen LogP contribution in [0, 0.1) is 0 Å². The zero-order chi connectivity index (χ0) is 11.3. The normalized spacial score (nSPS) is 12.2. The number of hydrogen-bond donors (Lipinski definition) is 1. The minimum Gasteiger partial charge on any atom is -0.311 e. The molecule has 1 amide bonds. The highest BCUT2D eigenvalue weighted by Gasteiger charge is 2.10. The Morgan fingerprint density at radius 3 is 2.93 bits per heavy atom. The topological polar surface area (TPSA) is 42.0 Å². The maximum Gasteiger partial charge on any atom is 0.228 e. The summed E-state index contributed by atoms with van der Waals surface area (Å²) in [5.41, 5.74) is 0. The Morgan fingerprint density at radius 1 is 1.67 bits per heavy atom. The van der Waals surface area contributed by atoms with Crippen LogP contribution in [0.4, 0.5) is 10.2 Å². The quantitative estimate of drug-likeness (QED) is 0.918. The van der Waals surface area contributed by atoms with Crippen LogP contribution in [0.25, 0.3) is 0 Å². The molecule has 1 heterocycles. The number of alkyl halides is 1. The summed E-state index contributed by atoms with van der Waals surface area (Å²) in [5.74, 6) is 0.0886. The summed E-state index contributed by atoms with van der Waals surface area (Å²) < 4.78 is 13.7. The Morgan fingerprint density at radius 2 is 2.40 bits per heavy atom. The molecule has 0 saturated carbocycles. The van der Waals surface area contributed by atoms with Gasteiger partial charge in [-0.25, -0.2) is 9.37 Å². The summed E-state index contributed by atoms with van der Waals surface area (Å²) in [6.45, 7) is 1.70. The molecular weight excluding hydrogens is 263 g/mol. The van der Waals surface area contributed by atoms with E-state index >= 15 is 0 Å². The Labute approximate surface area is 96.2 Å². The molecule has 3 nitrogen and oxygen atoms in total. The third-order valence-electron chi connectivity index (χ3n) is 1.84. The van der Waals surface area contributed by atoms with Crippen molar-refractivity contribution in [3.8, 4) is 0 Å². The molecule has 82 valence electrons. The lowest BCUT2D eigenvalue weighted by atomic mass is 10.2. The Balaban J connectivity index is 2.48. The number of anilines is 1. The fourth-order valence-electron chi connectivity index (χ4n) is 0.989. The molecule has 0 aromatic carbocycles. The fourth-order valence-corrected chi connectivity index (χ4v) is 1.22. The van der Waals surface area contributed by atoms with E-state index in [1.165, 1.54) is 0 Å². The molecule has 1 N–H and O–H groups in total. The molecule has 1 aromatic rings. The second kappa shape index (κ2) is 5.80. The summed E-state index contributed by atoms with van der Waals surface area (Å²) in [7, 11) is 0. The Hall–Kier alpha value is -0.970. The van der Waals surface area contributed by atoms with Crippen molar-refractivity contribution in [2.45, 2.75) is 25.9 Å². The zero-order valence-electron chi connectivity index (χ0n) is 8.34. The lowest BCUT2D eigenvalue weighted by Gasteiger charge is -2.06. The van der Waals surface area contributed by atoms with Crippen molar-refractivity contribution < 1.29 is 9.18 Å². The van der Waals surface area contributed by atoms with Gasteiger partial charge in [-0.15, -0.1) is 0 Å². The van der Waals surface area contributed by atoms with Crippen LogP contribution in [-0.4, -0.2) is 17.1 Å². The maximum absolute atomic E-state index is 12.9. The van der Waals surface area contributed by atoms with E-state index in [4.69, 9.17) is 0 Å². The van der Waals surface area contributed by atoms with E-state index < -0.39 is 6.17 Å². The number of nitrogens with zero attached hydrogens (tertiary/aromatic N) is 1. The van der Waals surface area contributed by atoms with Crippen molar-refractivity contribution >= 4 is 27.7 Å². The van der Waals surface area contributed by atoms with E-state index in [0.717, 1.165) is 4.47 Å². The van der Waals surface area contributed by atoms with Gasteiger partial charge >= 0.3 is 0 Å². The molecule has 5 heteroatoms. The Kier molecular flexibility index (Phi) is 4.68. The first-order chi connectivity index (χ1) is 7.11. The smallest absolute Gasteiger partial charge is 0.228 e. The van der Waals surface area contributed by atoms with Gasteiger partial charge in [0.1, 0.15) is 12.0 Å². The molecule has 0 aliphatic carbocycles. The summed E-state index contributed by atoms with van der Waals surface area (Å²) in [5, 5.41) is 2.52. The minimum absolute atomic E-state index is 0.117. The van der Waals surface area contributed by atoms with Crippen LogP contribution in [-0.2, 0) is 4.79 Å². The number of aromatic nitrogens is 1. The molecule has 1 aromatic heterocycles. The average Bonchev–Trinajstić information content (AvgIpc) is 2.21. The first-order valence-electron chi connectivity index (χ1n) is 4.67.